The summed E-state index contributed by atoms with van der Waals surface area (Å²) in [4.78, 5) is 16.1. The number of carboxylic acids is 1. The Morgan fingerprint density at radius 3 is 2.78 bits per heavy atom. The highest BCUT2D eigenvalue weighted by molar-refractivity contribution is 7.16. The second-order valence-electron chi connectivity index (χ2n) is 7.40. The van der Waals surface area contributed by atoms with Crippen LogP contribution in [0.4, 0.5) is 0 Å². The molecule has 0 aromatic carbocycles. The minimum atomic E-state index is -0.827. The van der Waals surface area contributed by atoms with E-state index in [2.05, 4.69) is 18.7 Å². The number of nitrogens with zero attached hydrogens (tertiary/aromatic N) is 1. The number of hydrogen-bond acceptors (Lipinski definition) is 4. The number of hydrogen-bond donors (Lipinski definition) is 1. The van der Waals surface area contributed by atoms with Crippen molar-refractivity contribution in [2.24, 2.45) is 5.41 Å². The Labute approximate surface area is 140 Å². The second-order valence-corrected chi connectivity index (χ2v) is 8.51. The molecule has 1 aliphatic carbocycles. The summed E-state index contributed by atoms with van der Waals surface area (Å²) in [6.45, 7) is 5.17. The van der Waals surface area contributed by atoms with Gasteiger partial charge in [0, 0.05) is 22.5 Å². The van der Waals surface area contributed by atoms with Gasteiger partial charge in [0.2, 0.25) is 0 Å². The van der Waals surface area contributed by atoms with E-state index in [0.29, 0.717) is 5.56 Å². The van der Waals surface area contributed by atoms with E-state index in [-0.39, 0.29) is 5.41 Å². The standard InChI is InChI=1S/C18H23NO3S/c1-18(2)6-5-14-12(7-18)15(17(20)21)16(23-14)13-10-22-9-11(13)8-19(3)4/h9-10H,5-8H2,1-4H3,(H,20,21). The maximum atomic E-state index is 12.0. The summed E-state index contributed by atoms with van der Waals surface area (Å²) < 4.78 is 5.40. The highest BCUT2D eigenvalue weighted by Gasteiger charge is 2.33. The molecule has 0 atom stereocenters. The second kappa shape index (κ2) is 5.80. The molecular weight excluding hydrogens is 310 g/mol. The number of rotatable bonds is 4. The lowest BCUT2D eigenvalue weighted by Crippen LogP contribution is -2.22. The predicted molar refractivity (Wildman–Crippen MR) is 92.2 cm³/mol. The zero-order valence-electron chi connectivity index (χ0n) is 14.1. The molecule has 23 heavy (non-hydrogen) atoms. The first-order chi connectivity index (χ1) is 10.8. The fraction of sp³-hybridized carbons (Fsp3) is 0.500. The fourth-order valence-electron chi connectivity index (χ4n) is 3.32. The number of aryl methyl sites for hydroxylation is 1. The molecule has 3 rings (SSSR count). The molecule has 124 valence electrons. The number of carboxylic acid groups (broad SMARTS) is 1. The third-order valence-electron chi connectivity index (χ3n) is 4.46. The van der Waals surface area contributed by atoms with Gasteiger partial charge in [0.05, 0.1) is 23.0 Å². The summed E-state index contributed by atoms with van der Waals surface area (Å²) in [6.07, 6.45) is 6.32. The summed E-state index contributed by atoms with van der Waals surface area (Å²) in [5.74, 6) is -0.827. The molecule has 0 spiro atoms. The summed E-state index contributed by atoms with van der Waals surface area (Å²) in [6, 6.07) is 0. The first kappa shape index (κ1) is 16.3. The molecule has 0 unspecified atom stereocenters. The fourth-order valence-corrected chi connectivity index (χ4v) is 4.67. The first-order valence-electron chi connectivity index (χ1n) is 7.86. The first-order valence-corrected chi connectivity index (χ1v) is 8.68. The van der Waals surface area contributed by atoms with Crippen LogP contribution in [-0.4, -0.2) is 30.1 Å². The van der Waals surface area contributed by atoms with E-state index in [0.717, 1.165) is 47.4 Å². The zero-order valence-corrected chi connectivity index (χ0v) is 14.9. The van der Waals surface area contributed by atoms with Gasteiger partial charge in [0.1, 0.15) is 0 Å². The van der Waals surface area contributed by atoms with E-state index in [1.807, 2.05) is 14.1 Å². The average molecular weight is 333 g/mol. The van der Waals surface area contributed by atoms with Gasteiger partial charge in [-0.1, -0.05) is 13.8 Å². The third kappa shape index (κ3) is 3.08. The van der Waals surface area contributed by atoms with Crippen molar-refractivity contribution < 1.29 is 14.3 Å². The van der Waals surface area contributed by atoms with Crippen molar-refractivity contribution >= 4 is 17.3 Å². The van der Waals surface area contributed by atoms with Crippen molar-refractivity contribution in [2.45, 2.75) is 39.7 Å². The molecule has 0 radical (unpaired) electrons. The van der Waals surface area contributed by atoms with E-state index in [1.165, 1.54) is 4.88 Å². The van der Waals surface area contributed by atoms with Gasteiger partial charge in [-0.05, 0) is 44.3 Å². The van der Waals surface area contributed by atoms with Crippen molar-refractivity contribution in [3.8, 4) is 10.4 Å². The van der Waals surface area contributed by atoms with Gasteiger partial charge in [0.15, 0.2) is 0 Å². The molecule has 2 heterocycles. The Kier molecular flexibility index (Phi) is 4.10. The van der Waals surface area contributed by atoms with E-state index >= 15 is 0 Å². The van der Waals surface area contributed by atoms with E-state index in [1.54, 1.807) is 23.9 Å². The van der Waals surface area contributed by atoms with Gasteiger partial charge >= 0.3 is 5.97 Å². The van der Waals surface area contributed by atoms with E-state index in [9.17, 15) is 9.90 Å². The van der Waals surface area contributed by atoms with Crippen LogP contribution in [-0.2, 0) is 19.4 Å². The molecule has 2 aromatic heterocycles. The van der Waals surface area contributed by atoms with Crippen molar-refractivity contribution in [2.75, 3.05) is 14.1 Å². The average Bonchev–Trinajstić information content (AvgIpc) is 3.00. The summed E-state index contributed by atoms with van der Waals surface area (Å²) >= 11 is 1.63. The quantitative estimate of drug-likeness (QED) is 0.907. The number of aromatic carboxylic acids is 1. The Hall–Kier alpha value is -1.59. The SMILES string of the molecule is CN(C)Cc1cocc1-c1sc2c(c1C(=O)O)CC(C)(C)CC2. The molecule has 0 amide bonds. The molecule has 0 bridgehead atoms. The third-order valence-corrected chi connectivity index (χ3v) is 5.79. The molecule has 0 fully saturated rings. The monoisotopic (exact) mass is 333 g/mol. The van der Waals surface area contributed by atoms with Crippen LogP contribution in [0.2, 0.25) is 0 Å². The van der Waals surface area contributed by atoms with Crippen molar-refractivity contribution in [3.05, 3.63) is 34.1 Å². The van der Waals surface area contributed by atoms with Crippen molar-refractivity contribution in [1.82, 2.24) is 4.90 Å². The minimum Gasteiger partial charge on any atom is -0.478 e. The van der Waals surface area contributed by atoms with Gasteiger partial charge in [-0.25, -0.2) is 4.79 Å². The Morgan fingerprint density at radius 1 is 1.39 bits per heavy atom. The highest BCUT2D eigenvalue weighted by Crippen LogP contribution is 2.46. The molecular formula is C18H23NO3S. The van der Waals surface area contributed by atoms with Gasteiger partial charge < -0.3 is 14.4 Å². The number of furan rings is 1. The number of thiophene rings is 1. The topological polar surface area (TPSA) is 53.7 Å². The molecule has 4 nitrogen and oxygen atoms in total. The molecule has 5 heteroatoms. The van der Waals surface area contributed by atoms with Crippen LogP contribution in [0.3, 0.4) is 0 Å². The maximum Gasteiger partial charge on any atom is 0.337 e. The van der Waals surface area contributed by atoms with E-state index < -0.39 is 5.97 Å². The molecule has 0 saturated heterocycles. The molecule has 1 aliphatic rings. The largest absolute Gasteiger partial charge is 0.478 e. The normalized spacial score (nSPS) is 16.6. The van der Waals surface area contributed by atoms with Crippen LogP contribution in [0.15, 0.2) is 16.9 Å². The number of fused-ring (bicyclic) bond motifs is 1. The Bertz CT molecular complexity index is 740. The molecule has 2 aromatic rings. The summed E-state index contributed by atoms with van der Waals surface area (Å²) in [7, 11) is 3.99. The van der Waals surface area contributed by atoms with Gasteiger partial charge in [0.25, 0.3) is 0 Å². The van der Waals surface area contributed by atoms with E-state index in [4.69, 9.17) is 4.42 Å². The van der Waals surface area contributed by atoms with Crippen LogP contribution < -0.4 is 0 Å². The van der Waals surface area contributed by atoms with Gasteiger partial charge in [-0.2, -0.15) is 0 Å². The Morgan fingerprint density at radius 2 is 2.13 bits per heavy atom. The van der Waals surface area contributed by atoms with Crippen LogP contribution in [0.25, 0.3) is 10.4 Å². The highest BCUT2D eigenvalue weighted by atomic mass is 32.1. The maximum absolute atomic E-state index is 12.0. The van der Waals surface area contributed by atoms with Crippen molar-refractivity contribution in [3.63, 3.8) is 0 Å². The van der Waals surface area contributed by atoms with Crippen LogP contribution in [0.1, 0.15) is 46.6 Å². The minimum absolute atomic E-state index is 0.165. The lowest BCUT2D eigenvalue weighted by atomic mass is 9.76. The lowest BCUT2D eigenvalue weighted by Gasteiger charge is -2.29. The zero-order chi connectivity index (χ0) is 16.8. The molecule has 1 N–H and O–H groups in total. The van der Waals surface area contributed by atoms with Crippen LogP contribution in [0, 0.1) is 5.41 Å². The Balaban J connectivity index is 2.13. The smallest absolute Gasteiger partial charge is 0.337 e. The molecule has 0 saturated carbocycles. The number of carbonyl (C=O) groups is 1. The van der Waals surface area contributed by atoms with Gasteiger partial charge in [-0.3, -0.25) is 0 Å². The summed E-state index contributed by atoms with van der Waals surface area (Å²) in [5, 5.41) is 9.82. The van der Waals surface area contributed by atoms with Crippen LogP contribution >= 0.6 is 11.3 Å². The lowest BCUT2D eigenvalue weighted by molar-refractivity contribution is 0.0696. The summed E-state index contributed by atoms with van der Waals surface area (Å²) in [5.41, 5.74) is 3.65. The predicted octanol–water partition coefficient (Wildman–Crippen LogP) is 4.28. The van der Waals surface area contributed by atoms with Crippen LogP contribution in [0.5, 0.6) is 0 Å². The van der Waals surface area contributed by atoms with Gasteiger partial charge in [-0.15, -0.1) is 11.3 Å². The molecule has 0 aliphatic heterocycles. The van der Waals surface area contributed by atoms with Crippen molar-refractivity contribution in [1.29, 1.82) is 0 Å².